The number of Topliss-reactive ketones (excluding diaryl/α,β-unsaturated/α-hetero) is 1. The van der Waals surface area contributed by atoms with E-state index in [0.717, 1.165) is 27.8 Å². The van der Waals surface area contributed by atoms with Gasteiger partial charge in [-0.2, -0.15) is 0 Å². The summed E-state index contributed by atoms with van der Waals surface area (Å²) >= 11 is 3.44. The number of benzene rings is 2. The molecule has 1 atom stereocenters. The van der Waals surface area contributed by atoms with Gasteiger partial charge in [0.05, 0.1) is 6.61 Å². The zero-order valence-electron chi connectivity index (χ0n) is 11.0. The second kappa shape index (κ2) is 5.80. The molecule has 1 aliphatic rings. The van der Waals surface area contributed by atoms with Crippen molar-refractivity contribution in [2.24, 2.45) is 0 Å². The van der Waals surface area contributed by atoms with Crippen LogP contribution in [0.15, 0.2) is 53.0 Å². The van der Waals surface area contributed by atoms with Crippen molar-refractivity contribution in [2.75, 3.05) is 6.61 Å². The minimum Gasteiger partial charge on any atom is -0.493 e. The maximum atomic E-state index is 12.6. The van der Waals surface area contributed by atoms with E-state index in [1.807, 2.05) is 48.5 Å². The van der Waals surface area contributed by atoms with E-state index >= 15 is 0 Å². The number of hydrogen-bond acceptors (Lipinski definition) is 2. The summed E-state index contributed by atoms with van der Waals surface area (Å²) in [5, 5.41) is 0. The van der Waals surface area contributed by atoms with Gasteiger partial charge in [0.1, 0.15) is 11.5 Å². The lowest BCUT2D eigenvalue weighted by Crippen LogP contribution is -2.22. The molecule has 0 N–H and O–H groups in total. The summed E-state index contributed by atoms with van der Waals surface area (Å²) < 4.78 is 6.62. The predicted octanol–water partition coefficient (Wildman–Crippen LogP) is 4.13. The van der Waals surface area contributed by atoms with E-state index in [-0.39, 0.29) is 11.7 Å². The number of ether oxygens (including phenoxy) is 1. The van der Waals surface area contributed by atoms with Crippen molar-refractivity contribution in [1.82, 2.24) is 0 Å². The van der Waals surface area contributed by atoms with Gasteiger partial charge in [0, 0.05) is 22.4 Å². The molecule has 0 spiro atoms. The first-order valence-corrected chi connectivity index (χ1v) is 7.52. The van der Waals surface area contributed by atoms with Crippen molar-refractivity contribution in [3.63, 3.8) is 0 Å². The van der Waals surface area contributed by atoms with Crippen molar-refractivity contribution in [3.8, 4) is 5.75 Å². The predicted molar refractivity (Wildman–Crippen MR) is 82.1 cm³/mol. The summed E-state index contributed by atoms with van der Waals surface area (Å²) in [6, 6.07) is 15.8. The Labute approximate surface area is 126 Å². The van der Waals surface area contributed by atoms with Crippen LogP contribution in [0.25, 0.3) is 0 Å². The average Bonchev–Trinajstić information content (AvgIpc) is 2.46. The highest BCUT2D eigenvalue weighted by atomic mass is 79.9. The van der Waals surface area contributed by atoms with Gasteiger partial charge in [-0.15, -0.1) is 0 Å². The smallest absolute Gasteiger partial charge is 0.144 e. The molecule has 1 heterocycles. The fraction of sp³-hybridized carbons (Fsp3) is 0.235. The zero-order valence-corrected chi connectivity index (χ0v) is 12.6. The zero-order chi connectivity index (χ0) is 13.9. The Hall–Kier alpha value is -1.61. The Kier molecular flexibility index (Phi) is 3.88. The van der Waals surface area contributed by atoms with Crippen LogP contribution in [0.3, 0.4) is 0 Å². The number of fused-ring (bicyclic) bond motifs is 1. The maximum absolute atomic E-state index is 12.6. The van der Waals surface area contributed by atoms with Gasteiger partial charge in [-0.25, -0.2) is 0 Å². The number of rotatable bonds is 3. The molecular formula is C17H15BrO2. The van der Waals surface area contributed by atoms with Crippen molar-refractivity contribution in [3.05, 3.63) is 64.1 Å². The summed E-state index contributed by atoms with van der Waals surface area (Å²) in [6.07, 6.45) is 1.24. The summed E-state index contributed by atoms with van der Waals surface area (Å²) in [5.74, 6) is 1.07. The minimum absolute atomic E-state index is 0.0427. The van der Waals surface area contributed by atoms with Crippen LogP contribution in [0.1, 0.15) is 23.5 Å². The van der Waals surface area contributed by atoms with E-state index in [1.165, 1.54) is 0 Å². The summed E-state index contributed by atoms with van der Waals surface area (Å²) in [5.41, 5.74) is 2.08. The topological polar surface area (TPSA) is 26.3 Å². The number of hydrogen-bond donors (Lipinski definition) is 0. The number of halogens is 1. The summed E-state index contributed by atoms with van der Waals surface area (Å²) in [4.78, 5) is 12.6. The second-order valence-electron chi connectivity index (χ2n) is 5.00. The van der Waals surface area contributed by atoms with Crippen molar-refractivity contribution < 1.29 is 9.53 Å². The first-order chi connectivity index (χ1) is 9.74. The van der Waals surface area contributed by atoms with Crippen molar-refractivity contribution >= 4 is 21.7 Å². The standard InChI is InChI=1S/C17H15BrO2/c18-13-5-3-4-12(10-13)11-16(19)14-8-9-20-17-7-2-1-6-15(14)17/h1-7,10,14H,8-9,11H2. The van der Waals surface area contributed by atoms with E-state index in [9.17, 15) is 4.79 Å². The molecule has 0 saturated heterocycles. The van der Waals surface area contributed by atoms with Crippen LogP contribution in [-0.4, -0.2) is 12.4 Å². The Morgan fingerprint density at radius 2 is 2.05 bits per heavy atom. The van der Waals surface area contributed by atoms with E-state index in [4.69, 9.17) is 4.74 Å². The molecule has 2 aromatic rings. The highest BCUT2D eigenvalue weighted by Gasteiger charge is 2.27. The number of carbonyl (C=O) groups excluding carboxylic acids is 1. The summed E-state index contributed by atoms with van der Waals surface area (Å²) in [6.45, 7) is 0.617. The highest BCUT2D eigenvalue weighted by Crippen LogP contribution is 2.34. The lowest BCUT2D eigenvalue weighted by Gasteiger charge is -2.24. The molecule has 0 bridgehead atoms. The third-order valence-corrected chi connectivity index (χ3v) is 4.11. The Balaban J connectivity index is 1.82. The first-order valence-electron chi connectivity index (χ1n) is 6.73. The quantitative estimate of drug-likeness (QED) is 0.845. The normalized spacial score (nSPS) is 17.1. The Morgan fingerprint density at radius 1 is 1.20 bits per heavy atom. The van der Waals surface area contributed by atoms with Crippen LogP contribution in [0.2, 0.25) is 0 Å². The number of ketones is 1. The SMILES string of the molecule is O=C(Cc1cccc(Br)c1)C1CCOc2ccccc21. The molecule has 1 aliphatic heterocycles. The molecule has 0 aromatic heterocycles. The van der Waals surface area contributed by atoms with Gasteiger partial charge in [-0.05, 0) is 30.2 Å². The molecule has 1 unspecified atom stereocenters. The van der Waals surface area contributed by atoms with Crippen LogP contribution in [-0.2, 0) is 11.2 Å². The summed E-state index contributed by atoms with van der Waals surface area (Å²) in [7, 11) is 0. The molecule has 2 aromatic carbocycles. The number of carbonyl (C=O) groups is 1. The fourth-order valence-electron chi connectivity index (χ4n) is 2.65. The molecular weight excluding hydrogens is 316 g/mol. The lowest BCUT2D eigenvalue weighted by atomic mass is 9.87. The largest absolute Gasteiger partial charge is 0.493 e. The minimum atomic E-state index is -0.0427. The van der Waals surface area contributed by atoms with E-state index in [2.05, 4.69) is 15.9 Å². The first kappa shape index (κ1) is 13.4. The van der Waals surface area contributed by atoms with Crippen LogP contribution in [0, 0.1) is 0 Å². The van der Waals surface area contributed by atoms with Crippen LogP contribution < -0.4 is 4.74 Å². The van der Waals surface area contributed by atoms with E-state index < -0.39 is 0 Å². The van der Waals surface area contributed by atoms with Crippen molar-refractivity contribution in [1.29, 1.82) is 0 Å². The fourth-order valence-corrected chi connectivity index (χ4v) is 3.09. The molecule has 3 rings (SSSR count). The molecule has 0 radical (unpaired) electrons. The van der Waals surface area contributed by atoms with Gasteiger partial charge in [-0.1, -0.05) is 46.3 Å². The maximum Gasteiger partial charge on any atom is 0.144 e. The van der Waals surface area contributed by atoms with E-state index in [0.29, 0.717) is 13.0 Å². The number of para-hydroxylation sites is 1. The van der Waals surface area contributed by atoms with Gasteiger partial charge in [0.25, 0.3) is 0 Å². The molecule has 20 heavy (non-hydrogen) atoms. The molecule has 2 nitrogen and oxygen atoms in total. The Bertz CT molecular complexity index is 636. The van der Waals surface area contributed by atoms with Crippen LogP contribution in [0.5, 0.6) is 5.75 Å². The Morgan fingerprint density at radius 3 is 2.90 bits per heavy atom. The second-order valence-corrected chi connectivity index (χ2v) is 5.92. The average molecular weight is 331 g/mol. The third kappa shape index (κ3) is 2.78. The van der Waals surface area contributed by atoms with Gasteiger partial charge in [0.2, 0.25) is 0 Å². The van der Waals surface area contributed by atoms with Gasteiger partial charge in [0.15, 0.2) is 0 Å². The van der Waals surface area contributed by atoms with Gasteiger partial charge < -0.3 is 4.74 Å². The molecule has 0 aliphatic carbocycles. The van der Waals surface area contributed by atoms with Gasteiger partial charge in [-0.3, -0.25) is 4.79 Å². The van der Waals surface area contributed by atoms with Gasteiger partial charge >= 0.3 is 0 Å². The highest BCUT2D eigenvalue weighted by molar-refractivity contribution is 9.10. The van der Waals surface area contributed by atoms with Crippen LogP contribution in [0.4, 0.5) is 0 Å². The monoisotopic (exact) mass is 330 g/mol. The van der Waals surface area contributed by atoms with Crippen LogP contribution >= 0.6 is 15.9 Å². The molecule has 0 amide bonds. The molecule has 0 saturated carbocycles. The van der Waals surface area contributed by atoms with E-state index in [1.54, 1.807) is 0 Å². The third-order valence-electron chi connectivity index (χ3n) is 3.61. The van der Waals surface area contributed by atoms with Crippen molar-refractivity contribution in [2.45, 2.75) is 18.8 Å². The molecule has 0 fully saturated rings. The lowest BCUT2D eigenvalue weighted by molar-refractivity contribution is -0.120. The molecule has 3 heteroatoms. The molecule has 102 valence electrons.